The summed E-state index contributed by atoms with van der Waals surface area (Å²) in [5.41, 5.74) is 5.73. The molecular weight excluding hydrogens is 696 g/mol. The molecule has 3 amide bonds. The molecule has 53 heavy (non-hydrogen) atoms. The lowest BCUT2D eigenvalue weighted by molar-refractivity contribution is -0.120. The molecule has 0 saturated carbocycles. The summed E-state index contributed by atoms with van der Waals surface area (Å²) in [6, 6.07) is 16.8. The van der Waals surface area contributed by atoms with E-state index >= 15 is 0 Å². The topological polar surface area (TPSA) is 146 Å². The highest BCUT2D eigenvalue weighted by molar-refractivity contribution is 6.35. The number of nitrogens with zero attached hydrogens (tertiary/aromatic N) is 4. The Morgan fingerprint density at radius 2 is 1.89 bits per heavy atom. The number of hydrogen-bond acceptors (Lipinski definition) is 9. The molecule has 0 bridgehead atoms. The van der Waals surface area contributed by atoms with Gasteiger partial charge in [-0.3, -0.25) is 24.5 Å². The van der Waals surface area contributed by atoms with Crippen molar-refractivity contribution in [3.8, 4) is 28.1 Å². The molecule has 0 aliphatic carbocycles. The maximum Gasteiger partial charge on any atom is 0.410 e. The molecular formula is C40H45ClN6O6. The lowest BCUT2D eigenvalue weighted by atomic mass is 9.79. The van der Waals surface area contributed by atoms with Gasteiger partial charge in [-0.2, -0.15) is 0 Å². The van der Waals surface area contributed by atoms with E-state index in [-0.39, 0.29) is 36.7 Å². The molecule has 2 fully saturated rings. The van der Waals surface area contributed by atoms with Crippen LogP contribution in [0.25, 0.3) is 22.4 Å². The second-order valence-corrected chi connectivity index (χ2v) is 15.1. The van der Waals surface area contributed by atoms with Crippen LogP contribution in [0.1, 0.15) is 54.4 Å². The van der Waals surface area contributed by atoms with Crippen LogP contribution in [0.3, 0.4) is 0 Å². The Hall–Kier alpha value is -5.04. The van der Waals surface area contributed by atoms with Gasteiger partial charge in [0.15, 0.2) is 0 Å². The van der Waals surface area contributed by atoms with Crippen molar-refractivity contribution in [3.63, 3.8) is 0 Å². The first-order chi connectivity index (χ1) is 25.3. The average molecular weight is 741 g/mol. The van der Waals surface area contributed by atoms with Crippen LogP contribution in [0.2, 0.25) is 5.02 Å². The van der Waals surface area contributed by atoms with E-state index in [0.29, 0.717) is 28.4 Å². The normalized spacial score (nSPS) is 15.1. The quantitative estimate of drug-likeness (QED) is 0.166. The number of rotatable bonds is 11. The molecule has 0 atom stereocenters. The van der Waals surface area contributed by atoms with Crippen molar-refractivity contribution in [2.75, 3.05) is 45.2 Å². The van der Waals surface area contributed by atoms with Crippen LogP contribution in [0.5, 0.6) is 5.75 Å². The predicted octanol–water partition coefficient (Wildman–Crippen LogP) is 6.08. The maximum atomic E-state index is 13.3. The van der Waals surface area contributed by atoms with Crippen LogP contribution < -0.4 is 15.4 Å². The minimum Gasteiger partial charge on any atom is -0.496 e. The van der Waals surface area contributed by atoms with E-state index in [9.17, 15) is 19.5 Å². The zero-order chi connectivity index (χ0) is 37.9. The lowest BCUT2D eigenvalue weighted by Crippen LogP contribution is -2.56. The van der Waals surface area contributed by atoms with Gasteiger partial charge < -0.3 is 30.1 Å². The molecule has 4 heterocycles. The van der Waals surface area contributed by atoms with Gasteiger partial charge in [-0.25, -0.2) is 4.79 Å². The summed E-state index contributed by atoms with van der Waals surface area (Å²) in [4.78, 5) is 50.4. The van der Waals surface area contributed by atoms with Crippen molar-refractivity contribution in [2.45, 2.75) is 52.8 Å². The predicted molar refractivity (Wildman–Crippen MR) is 203 cm³/mol. The Labute approximate surface area is 314 Å². The van der Waals surface area contributed by atoms with Gasteiger partial charge in [0.2, 0.25) is 5.91 Å². The second-order valence-electron chi connectivity index (χ2n) is 14.8. The molecule has 278 valence electrons. The zero-order valence-electron chi connectivity index (χ0n) is 30.7. The number of amides is 3. The Bertz CT molecular complexity index is 2010. The van der Waals surface area contributed by atoms with E-state index in [1.54, 1.807) is 46.2 Å². The highest BCUT2D eigenvalue weighted by Crippen LogP contribution is 2.41. The summed E-state index contributed by atoms with van der Waals surface area (Å²) in [5, 5.41) is 15.9. The van der Waals surface area contributed by atoms with Crippen molar-refractivity contribution in [1.29, 1.82) is 0 Å². The fraction of sp³-hybridized carbons (Fsp3) is 0.375. The number of aliphatic hydroxyl groups is 1. The number of nitrogens with one attached hydrogen (secondary N) is 2. The number of methoxy groups -OCH3 is 1. The number of likely N-dealkylation sites (tertiary alicyclic amines) is 1. The number of anilines is 1. The molecule has 6 rings (SSSR count). The third-order valence-corrected chi connectivity index (χ3v) is 9.87. The smallest absolute Gasteiger partial charge is 0.410 e. The molecule has 2 aliphatic heterocycles. The van der Waals surface area contributed by atoms with Gasteiger partial charge in [0.05, 0.1) is 31.0 Å². The van der Waals surface area contributed by atoms with E-state index in [1.807, 2.05) is 49.4 Å². The first kappa shape index (κ1) is 37.7. The highest BCUT2D eigenvalue weighted by atomic mass is 35.5. The number of carbonyl (C=O) groups is 3. The van der Waals surface area contributed by atoms with Crippen LogP contribution in [0, 0.1) is 12.3 Å². The van der Waals surface area contributed by atoms with Gasteiger partial charge >= 0.3 is 6.09 Å². The molecule has 3 N–H and O–H groups in total. The van der Waals surface area contributed by atoms with E-state index < -0.39 is 17.6 Å². The lowest BCUT2D eigenvalue weighted by Gasteiger charge is -2.47. The van der Waals surface area contributed by atoms with Crippen molar-refractivity contribution >= 4 is 35.2 Å². The summed E-state index contributed by atoms with van der Waals surface area (Å²) in [6.45, 7) is 10.5. The number of benzene rings is 2. The molecule has 0 unspecified atom stereocenters. The Morgan fingerprint density at radius 3 is 2.55 bits per heavy atom. The number of pyridine rings is 2. The summed E-state index contributed by atoms with van der Waals surface area (Å²) < 4.78 is 11.2. The van der Waals surface area contributed by atoms with Crippen LogP contribution in [0.15, 0.2) is 67.0 Å². The molecule has 2 saturated heterocycles. The molecule has 4 aromatic rings. The third kappa shape index (κ3) is 8.62. The number of aliphatic hydroxyl groups excluding tert-OH is 1. The van der Waals surface area contributed by atoms with Gasteiger partial charge in [-0.15, -0.1) is 0 Å². The molecule has 2 aliphatic rings. The minimum atomic E-state index is -0.678. The SMILES string of the molecule is COc1cc(-c2nccc(-c3cccc(NC(=O)c4ccc(CN(CCO)C(=O)OC(C)(C)C)cn4)c3C)c2Cl)ccc1CN1CC2(CNC(=O)C2)C1. The molecule has 13 heteroatoms. The number of halogens is 1. The van der Waals surface area contributed by atoms with Crippen molar-refractivity contribution < 1.29 is 29.0 Å². The van der Waals surface area contributed by atoms with Crippen molar-refractivity contribution in [2.24, 2.45) is 5.41 Å². The number of hydrogen-bond donors (Lipinski definition) is 3. The Kier molecular flexibility index (Phi) is 11.0. The van der Waals surface area contributed by atoms with E-state index in [4.69, 9.17) is 21.1 Å². The van der Waals surface area contributed by atoms with Gasteiger partial charge in [0.25, 0.3) is 5.91 Å². The standard InChI is InChI=1S/C40H45ClN6O6/c1-25-29(7-6-8-31(25)45-37(50)32-12-9-26(19-43-32)20-47(15-16-48)38(51)53-39(2,3)4)30-13-14-42-36(35(30)41)27-10-11-28(33(17-27)52-5)21-46-23-40(24-46)18-34(49)44-22-40/h6-14,17,19,48H,15-16,18,20-24H2,1-5H3,(H,44,49)(H,45,50). The summed E-state index contributed by atoms with van der Waals surface area (Å²) in [5.74, 6) is 0.471. The van der Waals surface area contributed by atoms with Gasteiger partial charge in [0.1, 0.15) is 17.0 Å². The van der Waals surface area contributed by atoms with Crippen LogP contribution in [-0.2, 0) is 22.6 Å². The molecule has 2 aromatic heterocycles. The highest BCUT2D eigenvalue weighted by Gasteiger charge is 2.47. The minimum absolute atomic E-state index is 0.0544. The van der Waals surface area contributed by atoms with Crippen LogP contribution in [-0.4, -0.2) is 88.3 Å². The zero-order valence-corrected chi connectivity index (χ0v) is 31.4. The van der Waals surface area contributed by atoms with Crippen molar-refractivity contribution in [1.82, 2.24) is 25.1 Å². The van der Waals surface area contributed by atoms with E-state index in [1.165, 1.54) is 11.1 Å². The van der Waals surface area contributed by atoms with Gasteiger partial charge in [0, 0.05) is 79.3 Å². The molecule has 1 spiro atoms. The van der Waals surface area contributed by atoms with E-state index in [2.05, 4.69) is 25.5 Å². The van der Waals surface area contributed by atoms with Crippen molar-refractivity contribution in [3.05, 3.63) is 94.4 Å². The van der Waals surface area contributed by atoms with E-state index in [0.717, 1.165) is 59.7 Å². The van der Waals surface area contributed by atoms with Crippen LogP contribution in [0.4, 0.5) is 10.5 Å². The summed E-state index contributed by atoms with van der Waals surface area (Å²) in [7, 11) is 1.65. The molecule has 2 aromatic carbocycles. The fourth-order valence-electron chi connectivity index (χ4n) is 6.91. The summed E-state index contributed by atoms with van der Waals surface area (Å²) in [6.07, 6.45) is 3.29. The largest absolute Gasteiger partial charge is 0.496 e. The second kappa shape index (κ2) is 15.5. The Morgan fingerprint density at radius 1 is 1.09 bits per heavy atom. The Balaban J connectivity index is 1.15. The first-order valence-corrected chi connectivity index (χ1v) is 17.9. The summed E-state index contributed by atoms with van der Waals surface area (Å²) >= 11 is 7.07. The number of aromatic nitrogens is 2. The number of carbonyl (C=O) groups excluding carboxylic acids is 3. The first-order valence-electron chi connectivity index (χ1n) is 17.5. The monoisotopic (exact) mass is 740 g/mol. The van der Waals surface area contributed by atoms with Gasteiger partial charge in [-0.1, -0.05) is 41.9 Å². The number of ether oxygens (including phenoxy) is 2. The molecule has 12 nitrogen and oxygen atoms in total. The third-order valence-electron chi connectivity index (χ3n) is 9.48. The van der Waals surface area contributed by atoms with Gasteiger partial charge in [-0.05, 0) is 68.7 Å². The molecule has 0 radical (unpaired) electrons. The maximum absolute atomic E-state index is 13.3. The fourth-order valence-corrected chi connectivity index (χ4v) is 7.23. The van der Waals surface area contributed by atoms with Crippen LogP contribution >= 0.6 is 11.6 Å². The average Bonchev–Trinajstić information content (AvgIpc) is 3.50.